The van der Waals surface area contributed by atoms with Gasteiger partial charge in [-0.1, -0.05) is 12.1 Å². The van der Waals surface area contributed by atoms with E-state index in [0.717, 1.165) is 5.56 Å². The van der Waals surface area contributed by atoms with Crippen molar-refractivity contribution in [3.63, 3.8) is 0 Å². The summed E-state index contributed by atoms with van der Waals surface area (Å²) in [6.45, 7) is 0.994. The second-order valence-corrected chi connectivity index (χ2v) is 4.40. The van der Waals surface area contributed by atoms with Crippen LogP contribution in [0.4, 0.5) is 5.69 Å². The second-order valence-electron chi connectivity index (χ2n) is 3.61. The molecule has 0 unspecified atom stereocenters. The number of nitrogens with one attached hydrogen (secondary N) is 2. The van der Waals surface area contributed by atoms with Crippen molar-refractivity contribution in [1.29, 1.82) is 0 Å². The number of hydrogen-bond acceptors (Lipinski definition) is 4. The summed E-state index contributed by atoms with van der Waals surface area (Å²) < 4.78 is 0.474. The number of carbonyl (C=O) groups is 1. The van der Waals surface area contributed by atoms with Gasteiger partial charge in [-0.05, 0) is 21.5 Å². The fourth-order valence-electron chi connectivity index (χ4n) is 1.39. The Morgan fingerprint density at radius 1 is 1.50 bits per heavy atom. The molecule has 0 aromatic heterocycles. The molecule has 0 aliphatic rings. The van der Waals surface area contributed by atoms with Crippen LogP contribution < -0.4 is 10.6 Å². The van der Waals surface area contributed by atoms with Crippen molar-refractivity contribution in [2.75, 3.05) is 13.6 Å². The molecule has 0 spiro atoms. The number of amides is 1. The van der Waals surface area contributed by atoms with Gasteiger partial charge in [-0.3, -0.25) is 14.9 Å². The zero-order valence-corrected chi connectivity index (χ0v) is 11.5. The topological polar surface area (TPSA) is 84.3 Å². The molecule has 7 heteroatoms. The van der Waals surface area contributed by atoms with Crippen LogP contribution >= 0.6 is 15.9 Å². The number of halogens is 1. The van der Waals surface area contributed by atoms with Gasteiger partial charge in [0.2, 0.25) is 5.91 Å². The lowest BCUT2D eigenvalue weighted by molar-refractivity contribution is -0.385. The smallest absolute Gasteiger partial charge is 0.283 e. The number of benzene rings is 1. The number of hydrogen-bond donors (Lipinski definition) is 2. The standard InChI is InChI=1S/C11H14BrN3O3/c1-13-10(16)5-6-14-7-8-3-2-4-9(11(8)12)15(17)18/h2-4,14H,5-7H2,1H3,(H,13,16). The van der Waals surface area contributed by atoms with Crippen LogP contribution in [0.5, 0.6) is 0 Å². The molecule has 0 aliphatic carbocycles. The first-order valence-electron chi connectivity index (χ1n) is 5.39. The molecule has 0 saturated carbocycles. The van der Waals surface area contributed by atoms with Crippen molar-refractivity contribution >= 4 is 27.5 Å². The summed E-state index contributed by atoms with van der Waals surface area (Å²) in [4.78, 5) is 21.3. The first kappa shape index (κ1) is 14.6. The minimum Gasteiger partial charge on any atom is -0.359 e. The first-order chi connectivity index (χ1) is 8.56. The number of rotatable bonds is 6. The van der Waals surface area contributed by atoms with Gasteiger partial charge in [-0.15, -0.1) is 0 Å². The van der Waals surface area contributed by atoms with Crippen molar-refractivity contribution in [3.05, 3.63) is 38.3 Å². The van der Waals surface area contributed by atoms with Gasteiger partial charge < -0.3 is 10.6 Å². The van der Waals surface area contributed by atoms with Crippen molar-refractivity contribution in [2.45, 2.75) is 13.0 Å². The highest BCUT2D eigenvalue weighted by Crippen LogP contribution is 2.27. The van der Waals surface area contributed by atoms with Gasteiger partial charge in [0.1, 0.15) is 0 Å². The summed E-state index contributed by atoms with van der Waals surface area (Å²) in [7, 11) is 1.58. The number of nitro groups is 1. The predicted octanol–water partition coefficient (Wildman–Crippen LogP) is 1.58. The highest BCUT2D eigenvalue weighted by molar-refractivity contribution is 9.10. The Kier molecular flexibility index (Phi) is 5.73. The molecule has 1 aromatic carbocycles. The second kappa shape index (κ2) is 7.07. The predicted molar refractivity (Wildman–Crippen MR) is 71.2 cm³/mol. The van der Waals surface area contributed by atoms with Crippen LogP contribution in [0.15, 0.2) is 22.7 Å². The number of nitrogens with zero attached hydrogens (tertiary/aromatic N) is 1. The van der Waals surface area contributed by atoms with Crippen LogP contribution in [0.1, 0.15) is 12.0 Å². The van der Waals surface area contributed by atoms with E-state index in [0.29, 0.717) is 24.0 Å². The average molecular weight is 316 g/mol. The third kappa shape index (κ3) is 4.08. The fourth-order valence-corrected chi connectivity index (χ4v) is 1.94. The molecule has 0 fully saturated rings. The molecule has 2 N–H and O–H groups in total. The summed E-state index contributed by atoms with van der Waals surface area (Å²) in [5.74, 6) is -0.0411. The molecule has 0 aliphatic heterocycles. The van der Waals surface area contributed by atoms with Gasteiger partial charge >= 0.3 is 0 Å². The molecule has 6 nitrogen and oxygen atoms in total. The molecule has 18 heavy (non-hydrogen) atoms. The van der Waals surface area contributed by atoms with Crippen molar-refractivity contribution in [1.82, 2.24) is 10.6 Å². The molecule has 0 radical (unpaired) electrons. The van der Waals surface area contributed by atoms with E-state index in [-0.39, 0.29) is 11.6 Å². The lowest BCUT2D eigenvalue weighted by Crippen LogP contribution is -2.24. The van der Waals surface area contributed by atoms with Crippen LogP contribution in [0.2, 0.25) is 0 Å². The van der Waals surface area contributed by atoms with E-state index in [1.54, 1.807) is 19.2 Å². The van der Waals surface area contributed by atoms with E-state index in [2.05, 4.69) is 26.6 Å². The number of carbonyl (C=O) groups excluding carboxylic acids is 1. The molecule has 0 atom stereocenters. The Morgan fingerprint density at radius 2 is 2.22 bits per heavy atom. The van der Waals surface area contributed by atoms with E-state index in [1.165, 1.54) is 6.07 Å². The molecule has 1 rings (SSSR count). The lowest BCUT2D eigenvalue weighted by atomic mass is 10.2. The Balaban J connectivity index is 2.55. The van der Waals surface area contributed by atoms with E-state index >= 15 is 0 Å². The normalized spacial score (nSPS) is 10.1. The summed E-state index contributed by atoms with van der Waals surface area (Å²) in [5.41, 5.74) is 0.835. The van der Waals surface area contributed by atoms with Gasteiger partial charge in [-0.25, -0.2) is 0 Å². The van der Waals surface area contributed by atoms with Gasteiger partial charge in [0, 0.05) is 32.6 Å². The van der Waals surface area contributed by atoms with Gasteiger partial charge in [0.25, 0.3) is 5.69 Å². The van der Waals surface area contributed by atoms with Crippen LogP contribution in [0, 0.1) is 10.1 Å². The van der Waals surface area contributed by atoms with E-state index in [4.69, 9.17) is 0 Å². The molecule has 1 aromatic rings. The summed E-state index contributed by atoms with van der Waals surface area (Å²) in [6, 6.07) is 4.88. The van der Waals surface area contributed by atoms with E-state index < -0.39 is 4.92 Å². The minimum absolute atomic E-state index is 0.0411. The monoisotopic (exact) mass is 315 g/mol. The largest absolute Gasteiger partial charge is 0.359 e. The molecular formula is C11H14BrN3O3. The molecular weight excluding hydrogens is 302 g/mol. The Bertz CT molecular complexity index is 451. The van der Waals surface area contributed by atoms with Crippen LogP contribution in [-0.4, -0.2) is 24.4 Å². The molecule has 0 bridgehead atoms. The third-order valence-electron chi connectivity index (χ3n) is 2.38. The zero-order valence-electron chi connectivity index (χ0n) is 9.90. The Labute approximate surface area is 113 Å². The molecule has 0 saturated heterocycles. The average Bonchev–Trinajstić information content (AvgIpc) is 2.35. The van der Waals surface area contributed by atoms with Gasteiger partial charge in [0.15, 0.2) is 0 Å². The van der Waals surface area contributed by atoms with Crippen LogP contribution in [0.25, 0.3) is 0 Å². The highest BCUT2D eigenvalue weighted by Gasteiger charge is 2.14. The SMILES string of the molecule is CNC(=O)CCNCc1cccc([N+](=O)[O-])c1Br. The van der Waals surface area contributed by atoms with Gasteiger partial charge in [0.05, 0.1) is 9.40 Å². The first-order valence-corrected chi connectivity index (χ1v) is 6.18. The third-order valence-corrected chi connectivity index (χ3v) is 3.29. The molecule has 1 amide bonds. The summed E-state index contributed by atoms with van der Waals surface area (Å²) in [5, 5.41) is 16.3. The van der Waals surface area contributed by atoms with Crippen LogP contribution in [0.3, 0.4) is 0 Å². The van der Waals surface area contributed by atoms with E-state index in [1.807, 2.05) is 0 Å². The zero-order chi connectivity index (χ0) is 13.5. The maximum atomic E-state index is 11.0. The summed E-state index contributed by atoms with van der Waals surface area (Å²) in [6.07, 6.45) is 0.378. The highest BCUT2D eigenvalue weighted by atomic mass is 79.9. The molecule has 0 heterocycles. The maximum absolute atomic E-state index is 11.0. The maximum Gasteiger partial charge on any atom is 0.283 e. The van der Waals surface area contributed by atoms with Crippen molar-refractivity contribution in [2.24, 2.45) is 0 Å². The fraction of sp³-hybridized carbons (Fsp3) is 0.364. The van der Waals surface area contributed by atoms with Gasteiger partial charge in [-0.2, -0.15) is 0 Å². The molecule has 98 valence electrons. The Hall–Kier alpha value is -1.47. The van der Waals surface area contributed by atoms with Crippen LogP contribution in [-0.2, 0) is 11.3 Å². The minimum atomic E-state index is -0.432. The van der Waals surface area contributed by atoms with Crippen molar-refractivity contribution < 1.29 is 9.72 Å². The Morgan fingerprint density at radius 3 is 2.83 bits per heavy atom. The number of nitro benzene ring substituents is 1. The van der Waals surface area contributed by atoms with E-state index in [9.17, 15) is 14.9 Å². The quantitative estimate of drug-likeness (QED) is 0.474. The lowest BCUT2D eigenvalue weighted by Gasteiger charge is -2.06. The summed E-state index contributed by atoms with van der Waals surface area (Å²) >= 11 is 3.22. The van der Waals surface area contributed by atoms with Crippen molar-refractivity contribution in [3.8, 4) is 0 Å².